The van der Waals surface area contributed by atoms with Crippen molar-refractivity contribution >= 4 is 17.9 Å². The minimum Gasteiger partial charge on any atom is -0.441 e. The van der Waals surface area contributed by atoms with Gasteiger partial charge >= 0.3 is 6.09 Å². The Labute approximate surface area is 98.0 Å². The molecular formula is C11H13NO3S. The van der Waals surface area contributed by atoms with Crippen LogP contribution in [0.5, 0.6) is 0 Å². The van der Waals surface area contributed by atoms with E-state index in [0.29, 0.717) is 0 Å². The molecule has 0 radical (unpaired) electrons. The number of thioether (sulfide) groups is 1. The van der Waals surface area contributed by atoms with Gasteiger partial charge in [0, 0.05) is 4.90 Å². The van der Waals surface area contributed by atoms with E-state index >= 15 is 0 Å². The highest BCUT2D eigenvalue weighted by molar-refractivity contribution is 7.98. The van der Waals surface area contributed by atoms with Crippen molar-refractivity contribution in [1.29, 1.82) is 0 Å². The van der Waals surface area contributed by atoms with Gasteiger partial charge in [0.25, 0.3) is 0 Å². The summed E-state index contributed by atoms with van der Waals surface area (Å²) in [7, 11) is 0. The zero-order valence-electron chi connectivity index (χ0n) is 8.84. The number of rotatable bonds is 3. The van der Waals surface area contributed by atoms with Crippen LogP contribution >= 0.6 is 11.8 Å². The lowest BCUT2D eigenvalue weighted by Crippen LogP contribution is -2.24. The number of benzene rings is 1. The molecule has 1 aliphatic heterocycles. The van der Waals surface area contributed by atoms with E-state index in [-0.39, 0.29) is 12.6 Å². The first-order chi connectivity index (χ1) is 7.74. The van der Waals surface area contributed by atoms with Crippen LogP contribution in [0.25, 0.3) is 0 Å². The first kappa shape index (κ1) is 11.3. The van der Waals surface area contributed by atoms with Crippen molar-refractivity contribution in [2.45, 2.75) is 17.0 Å². The normalized spacial score (nSPS) is 24.0. The molecule has 2 atom stereocenters. The van der Waals surface area contributed by atoms with Gasteiger partial charge in [-0.15, -0.1) is 11.8 Å². The van der Waals surface area contributed by atoms with Crippen LogP contribution < -0.4 is 5.32 Å². The Hall–Kier alpha value is -1.20. The molecule has 1 aliphatic rings. The summed E-state index contributed by atoms with van der Waals surface area (Å²) in [6.45, 7) is -0.173. The Kier molecular flexibility index (Phi) is 3.36. The maximum absolute atomic E-state index is 11.1. The molecule has 1 amide bonds. The molecule has 5 heteroatoms. The smallest absolute Gasteiger partial charge is 0.408 e. The molecule has 0 bridgehead atoms. The Morgan fingerprint density at radius 1 is 1.44 bits per heavy atom. The topological polar surface area (TPSA) is 58.6 Å². The van der Waals surface area contributed by atoms with Gasteiger partial charge in [0.05, 0.1) is 12.6 Å². The fraction of sp³-hybridized carbons (Fsp3) is 0.364. The van der Waals surface area contributed by atoms with Crippen LogP contribution in [-0.2, 0) is 4.74 Å². The Morgan fingerprint density at radius 2 is 2.12 bits per heavy atom. The van der Waals surface area contributed by atoms with E-state index in [1.807, 2.05) is 30.5 Å². The second kappa shape index (κ2) is 4.76. The van der Waals surface area contributed by atoms with Crippen molar-refractivity contribution in [1.82, 2.24) is 5.32 Å². The zero-order chi connectivity index (χ0) is 11.5. The summed E-state index contributed by atoms with van der Waals surface area (Å²) >= 11 is 1.66. The fourth-order valence-electron chi connectivity index (χ4n) is 1.71. The predicted molar refractivity (Wildman–Crippen MR) is 61.5 cm³/mol. The Morgan fingerprint density at radius 3 is 2.69 bits per heavy atom. The number of nitrogens with one attached hydrogen (secondary N) is 1. The lowest BCUT2D eigenvalue weighted by Gasteiger charge is -2.14. The maximum atomic E-state index is 11.1. The molecule has 4 nitrogen and oxygen atoms in total. The third kappa shape index (κ3) is 2.15. The minimum absolute atomic E-state index is 0.173. The monoisotopic (exact) mass is 239 g/mol. The van der Waals surface area contributed by atoms with E-state index in [2.05, 4.69) is 5.32 Å². The number of carbonyl (C=O) groups excluding carboxylic acids is 1. The summed E-state index contributed by atoms with van der Waals surface area (Å²) in [5, 5.41) is 11.8. The maximum Gasteiger partial charge on any atom is 0.408 e. The molecule has 1 fully saturated rings. The highest BCUT2D eigenvalue weighted by Gasteiger charge is 2.34. The highest BCUT2D eigenvalue weighted by atomic mass is 32.2. The molecule has 2 rings (SSSR count). The molecule has 2 N–H and O–H groups in total. The van der Waals surface area contributed by atoms with Gasteiger partial charge in [-0.05, 0) is 24.0 Å². The number of hydrogen-bond donors (Lipinski definition) is 2. The average Bonchev–Trinajstić information content (AvgIpc) is 2.70. The Bertz CT molecular complexity index is 379. The molecule has 1 heterocycles. The number of cyclic esters (lactones) is 1. The van der Waals surface area contributed by atoms with E-state index in [4.69, 9.17) is 9.84 Å². The molecular weight excluding hydrogens is 226 g/mol. The van der Waals surface area contributed by atoms with Crippen LogP contribution in [-0.4, -0.2) is 30.2 Å². The second-order valence-electron chi connectivity index (χ2n) is 3.52. The standard InChI is InChI=1S/C11H13NO3S/c1-16-8-4-2-7(3-5-8)10-9(6-13)15-11(14)12-10/h2-5,9-10,13H,6H2,1H3,(H,12,14)/t9-,10-/m1/s1. The molecule has 0 spiro atoms. The van der Waals surface area contributed by atoms with Gasteiger partial charge in [-0.3, -0.25) is 0 Å². The lowest BCUT2D eigenvalue weighted by atomic mass is 10.0. The van der Waals surface area contributed by atoms with Crippen LogP contribution in [0.3, 0.4) is 0 Å². The van der Waals surface area contributed by atoms with Crippen LogP contribution in [0.2, 0.25) is 0 Å². The number of hydrogen-bond acceptors (Lipinski definition) is 4. The summed E-state index contributed by atoms with van der Waals surface area (Å²) in [6, 6.07) is 7.59. The number of aliphatic hydroxyl groups excluding tert-OH is 1. The lowest BCUT2D eigenvalue weighted by molar-refractivity contribution is 0.0829. The van der Waals surface area contributed by atoms with Gasteiger partial charge in [0.15, 0.2) is 6.10 Å². The number of aliphatic hydroxyl groups is 1. The third-order valence-corrected chi connectivity index (χ3v) is 3.30. The number of amides is 1. The predicted octanol–water partition coefficient (Wildman–Crippen LogP) is 1.55. The SMILES string of the molecule is CSc1ccc([C@H]2NC(=O)O[C@@H]2CO)cc1. The molecule has 1 aromatic carbocycles. The first-order valence-electron chi connectivity index (χ1n) is 4.96. The van der Waals surface area contributed by atoms with Crippen molar-refractivity contribution < 1.29 is 14.6 Å². The molecule has 0 aliphatic carbocycles. The van der Waals surface area contributed by atoms with Gasteiger partial charge in [-0.1, -0.05) is 12.1 Å². The van der Waals surface area contributed by atoms with Crippen molar-refractivity contribution in [2.24, 2.45) is 0 Å². The largest absolute Gasteiger partial charge is 0.441 e. The van der Waals surface area contributed by atoms with Crippen molar-refractivity contribution in [3.05, 3.63) is 29.8 Å². The van der Waals surface area contributed by atoms with Crippen molar-refractivity contribution in [3.8, 4) is 0 Å². The van der Waals surface area contributed by atoms with Gasteiger partial charge < -0.3 is 15.2 Å². The number of ether oxygens (including phenoxy) is 1. The summed E-state index contributed by atoms with van der Waals surface area (Å²) in [6.07, 6.45) is 1.04. The van der Waals surface area contributed by atoms with Crippen molar-refractivity contribution in [2.75, 3.05) is 12.9 Å². The van der Waals surface area contributed by atoms with E-state index < -0.39 is 12.2 Å². The van der Waals surface area contributed by atoms with E-state index in [1.165, 1.54) is 0 Å². The fourth-order valence-corrected chi connectivity index (χ4v) is 2.12. The second-order valence-corrected chi connectivity index (χ2v) is 4.40. The molecule has 16 heavy (non-hydrogen) atoms. The van der Waals surface area contributed by atoms with Gasteiger partial charge in [-0.25, -0.2) is 4.79 Å². The van der Waals surface area contributed by atoms with Gasteiger partial charge in [0.2, 0.25) is 0 Å². The van der Waals surface area contributed by atoms with Crippen molar-refractivity contribution in [3.63, 3.8) is 0 Å². The zero-order valence-corrected chi connectivity index (χ0v) is 9.66. The van der Waals surface area contributed by atoms with Crippen LogP contribution in [0.1, 0.15) is 11.6 Å². The third-order valence-electron chi connectivity index (χ3n) is 2.56. The minimum atomic E-state index is -0.493. The molecule has 86 valence electrons. The van der Waals surface area contributed by atoms with Crippen LogP contribution in [0.15, 0.2) is 29.2 Å². The molecule has 0 aromatic heterocycles. The van der Waals surface area contributed by atoms with Gasteiger partial charge in [0.1, 0.15) is 0 Å². The van der Waals surface area contributed by atoms with E-state index in [0.717, 1.165) is 10.5 Å². The quantitative estimate of drug-likeness (QED) is 0.786. The van der Waals surface area contributed by atoms with E-state index in [9.17, 15) is 4.79 Å². The van der Waals surface area contributed by atoms with Crippen LogP contribution in [0, 0.1) is 0 Å². The van der Waals surface area contributed by atoms with E-state index in [1.54, 1.807) is 11.8 Å². The molecule has 0 saturated carbocycles. The Balaban J connectivity index is 2.19. The number of alkyl carbamates (subject to hydrolysis) is 1. The summed E-state index contributed by atoms with van der Waals surface area (Å²) in [5.74, 6) is 0. The summed E-state index contributed by atoms with van der Waals surface area (Å²) in [4.78, 5) is 12.2. The summed E-state index contributed by atoms with van der Waals surface area (Å²) in [5.41, 5.74) is 0.947. The molecule has 0 unspecified atom stereocenters. The molecule has 1 aromatic rings. The highest BCUT2D eigenvalue weighted by Crippen LogP contribution is 2.26. The summed E-state index contributed by atoms with van der Waals surface area (Å²) < 4.78 is 4.93. The molecule has 1 saturated heterocycles. The van der Waals surface area contributed by atoms with Gasteiger partial charge in [-0.2, -0.15) is 0 Å². The average molecular weight is 239 g/mol. The van der Waals surface area contributed by atoms with Crippen LogP contribution in [0.4, 0.5) is 4.79 Å². The first-order valence-corrected chi connectivity index (χ1v) is 6.19. The number of carbonyl (C=O) groups is 1.